The van der Waals surface area contributed by atoms with Gasteiger partial charge in [-0.05, 0) is 24.9 Å². The van der Waals surface area contributed by atoms with E-state index in [-0.39, 0.29) is 17.9 Å². The smallest absolute Gasteiger partial charge is 0.307 e. The normalized spacial score (nSPS) is 11.7. The van der Waals surface area contributed by atoms with Gasteiger partial charge in [0.2, 0.25) is 5.91 Å². The van der Waals surface area contributed by atoms with Crippen LogP contribution in [0, 0.1) is 0 Å². The first-order valence-electron chi connectivity index (χ1n) is 7.20. The number of amides is 1. The highest BCUT2D eigenvalue weighted by molar-refractivity contribution is 5.72. The minimum atomic E-state index is -0.217. The summed E-state index contributed by atoms with van der Waals surface area (Å²) < 4.78 is 4.74. The first-order valence-corrected chi connectivity index (χ1v) is 7.20. The molecule has 0 spiro atoms. The molecular formula is C16H24N2O3. The van der Waals surface area contributed by atoms with E-state index in [9.17, 15) is 9.59 Å². The van der Waals surface area contributed by atoms with Crippen LogP contribution in [0.4, 0.5) is 0 Å². The van der Waals surface area contributed by atoms with Crippen LogP contribution >= 0.6 is 0 Å². The minimum absolute atomic E-state index is 0.0228. The first kappa shape index (κ1) is 17.2. The van der Waals surface area contributed by atoms with Crippen molar-refractivity contribution >= 4 is 11.9 Å². The van der Waals surface area contributed by atoms with Gasteiger partial charge in [0.15, 0.2) is 0 Å². The highest BCUT2D eigenvalue weighted by Crippen LogP contribution is 2.06. The molecule has 0 aromatic heterocycles. The first-order chi connectivity index (χ1) is 10.1. The molecule has 21 heavy (non-hydrogen) atoms. The van der Waals surface area contributed by atoms with Gasteiger partial charge in [0.05, 0.1) is 13.5 Å². The predicted octanol–water partition coefficient (Wildman–Crippen LogP) is 1.28. The number of rotatable bonds is 9. The van der Waals surface area contributed by atoms with Crippen LogP contribution in [0.15, 0.2) is 30.3 Å². The molecule has 0 aliphatic heterocycles. The van der Waals surface area contributed by atoms with Gasteiger partial charge in [0, 0.05) is 19.5 Å². The maximum Gasteiger partial charge on any atom is 0.307 e. The lowest BCUT2D eigenvalue weighted by Gasteiger charge is -2.18. The second-order valence-electron chi connectivity index (χ2n) is 4.96. The lowest BCUT2D eigenvalue weighted by atomic mass is 10.0. The number of hydrogen-bond donors (Lipinski definition) is 2. The van der Waals surface area contributed by atoms with Gasteiger partial charge in [-0.15, -0.1) is 0 Å². The summed E-state index contributed by atoms with van der Waals surface area (Å²) in [5.41, 5.74) is 1.18. The topological polar surface area (TPSA) is 67.4 Å². The van der Waals surface area contributed by atoms with Crippen LogP contribution in [0.5, 0.6) is 0 Å². The van der Waals surface area contributed by atoms with E-state index >= 15 is 0 Å². The lowest BCUT2D eigenvalue weighted by Crippen LogP contribution is -2.35. The molecule has 5 nitrogen and oxygen atoms in total. The molecule has 1 aromatic carbocycles. The Balaban J connectivity index is 2.41. The van der Waals surface area contributed by atoms with Crippen molar-refractivity contribution in [1.82, 2.24) is 10.6 Å². The minimum Gasteiger partial charge on any atom is -0.469 e. The zero-order valence-electron chi connectivity index (χ0n) is 12.7. The molecule has 1 amide bonds. The summed E-state index contributed by atoms with van der Waals surface area (Å²) in [4.78, 5) is 22.2. The van der Waals surface area contributed by atoms with Crippen LogP contribution in [0.1, 0.15) is 25.3 Å². The standard InChI is InChI=1S/C16H24N2O3/c1-13(19)17-9-6-10-18-15(12-16(20)21-2)11-14-7-4-3-5-8-14/h3-5,7-8,15,18H,6,9-12H2,1-2H3,(H,17,19). The third-order valence-electron chi connectivity index (χ3n) is 3.13. The largest absolute Gasteiger partial charge is 0.469 e. The number of esters is 1. The van der Waals surface area contributed by atoms with Crippen molar-refractivity contribution in [1.29, 1.82) is 0 Å². The molecule has 0 radical (unpaired) electrons. The summed E-state index contributed by atoms with van der Waals surface area (Å²) in [7, 11) is 1.40. The fourth-order valence-electron chi connectivity index (χ4n) is 2.06. The number of carbonyl (C=O) groups excluding carboxylic acids is 2. The molecule has 1 rings (SSSR count). The van der Waals surface area contributed by atoms with Gasteiger partial charge in [-0.2, -0.15) is 0 Å². The summed E-state index contributed by atoms with van der Waals surface area (Å²) >= 11 is 0. The van der Waals surface area contributed by atoms with Gasteiger partial charge in [-0.25, -0.2) is 0 Å². The molecular weight excluding hydrogens is 268 g/mol. The van der Waals surface area contributed by atoms with E-state index in [1.807, 2.05) is 30.3 Å². The number of carbonyl (C=O) groups is 2. The Bertz CT molecular complexity index is 434. The Morgan fingerprint density at radius 3 is 2.52 bits per heavy atom. The van der Waals surface area contributed by atoms with Gasteiger partial charge in [-0.1, -0.05) is 30.3 Å². The average molecular weight is 292 g/mol. The van der Waals surface area contributed by atoms with Crippen molar-refractivity contribution in [2.75, 3.05) is 20.2 Å². The van der Waals surface area contributed by atoms with Crippen LogP contribution in [-0.2, 0) is 20.7 Å². The number of nitrogens with one attached hydrogen (secondary N) is 2. The van der Waals surface area contributed by atoms with E-state index in [2.05, 4.69) is 10.6 Å². The van der Waals surface area contributed by atoms with Crippen LogP contribution in [0.25, 0.3) is 0 Å². The van der Waals surface area contributed by atoms with Crippen molar-refractivity contribution in [3.8, 4) is 0 Å². The number of methoxy groups -OCH3 is 1. The fraction of sp³-hybridized carbons (Fsp3) is 0.500. The predicted molar refractivity (Wildman–Crippen MR) is 81.9 cm³/mol. The molecule has 1 aromatic rings. The Hall–Kier alpha value is -1.88. The van der Waals surface area contributed by atoms with Gasteiger partial charge >= 0.3 is 5.97 Å². The Morgan fingerprint density at radius 1 is 1.19 bits per heavy atom. The highest BCUT2D eigenvalue weighted by Gasteiger charge is 2.14. The van der Waals surface area contributed by atoms with Crippen molar-refractivity contribution in [2.24, 2.45) is 0 Å². The molecule has 0 aliphatic rings. The maximum atomic E-state index is 11.5. The summed E-state index contributed by atoms with van der Waals surface area (Å²) in [6.45, 7) is 2.89. The van der Waals surface area contributed by atoms with Crippen LogP contribution < -0.4 is 10.6 Å². The lowest BCUT2D eigenvalue weighted by molar-refractivity contribution is -0.141. The highest BCUT2D eigenvalue weighted by atomic mass is 16.5. The molecule has 5 heteroatoms. The third kappa shape index (κ3) is 8.09. The van der Waals surface area contributed by atoms with Gasteiger partial charge in [-0.3, -0.25) is 9.59 Å². The van der Waals surface area contributed by atoms with Gasteiger partial charge in [0.25, 0.3) is 0 Å². The van der Waals surface area contributed by atoms with E-state index in [0.717, 1.165) is 19.4 Å². The van der Waals surface area contributed by atoms with E-state index < -0.39 is 0 Å². The molecule has 1 unspecified atom stereocenters. The van der Waals surface area contributed by atoms with Crippen LogP contribution in [0.2, 0.25) is 0 Å². The van der Waals surface area contributed by atoms with E-state index in [0.29, 0.717) is 13.0 Å². The van der Waals surface area contributed by atoms with Crippen molar-refractivity contribution in [3.05, 3.63) is 35.9 Å². The van der Waals surface area contributed by atoms with Crippen LogP contribution in [0.3, 0.4) is 0 Å². The average Bonchev–Trinajstić information content (AvgIpc) is 2.47. The third-order valence-corrected chi connectivity index (χ3v) is 3.13. The second kappa shape index (κ2) is 9.94. The van der Waals surface area contributed by atoms with Crippen molar-refractivity contribution < 1.29 is 14.3 Å². The quantitative estimate of drug-likeness (QED) is 0.531. The molecule has 0 bridgehead atoms. The number of hydrogen-bond acceptors (Lipinski definition) is 4. The Kier molecular flexibility index (Phi) is 8.12. The molecule has 116 valence electrons. The van der Waals surface area contributed by atoms with Crippen molar-refractivity contribution in [3.63, 3.8) is 0 Å². The SMILES string of the molecule is COC(=O)CC(Cc1ccccc1)NCCCNC(C)=O. The summed E-state index contributed by atoms with van der Waals surface area (Å²) in [6, 6.07) is 10.1. The van der Waals surface area contributed by atoms with E-state index in [1.54, 1.807) is 0 Å². The molecule has 0 saturated heterocycles. The fourth-order valence-corrected chi connectivity index (χ4v) is 2.06. The molecule has 0 saturated carbocycles. The Morgan fingerprint density at radius 2 is 1.90 bits per heavy atom. The maximum absolute atomic E-state index is 11.5. The summed E-state index contributed by atoms with van der Waals surface area (Å²) in [6.07, 6.45) is 1.94. The zero-order valence-corrected chi connectivity index (χ0v) is 12.7. The molecule has 0 heterocycles. The van der Waals surface area contributed by atoms with E-state index in [1.165, 1.54) is 19.6 Å². The summed E-state index contributed by atoms with van der Waals surface area (Å²) in [5, 5.41) is 6.11. The van der Waals surface area contributed by atoms with Crippen LogP contribution in [-0.4, -0.2) is 38.1 Å². The molecule has 1 atom stereocenters. The van der Waals surface area contributed by atoms with Gasteiger partial charge in [0.1, 0.15) is 0 Å². The number of benzene rings is 1. The molecule has 2 N–H and O–H groups in total. The molecule has 0 fully saturated rings. The number of ether oxygens (including phenoxy) is 1. The van der Waals surface area contributed by atoms with E-state index in [4.69, 9.17) is 4.74 Å². The molecule has 0 aliphatic carbocycles. The van der Waals surface area contributed by atoms with Crippen molar-refractivity contribution in [2.45, 2.75) is 32.2 Å². The zero-order chi connectivity index (χ0) is 15.5. The monoisotopic (exact) mass is 292 g/mol. The summed E-state index contributed by atoms with van der Waals surface area (Å²) in [5.74, 6) is -0.240. The Labute approximate surface area is 126 Å². The second-order valence-corrected chi connectivity index (χ2v) is 4.96. The van der Waals surface area contributed by atoms with Gasteiger partial charge < -0.3 is 15.4 Å².